The SMILES string of the molecule is CC(C(=O)O)N(C)CCc1ccc(Cl)s1. The van der Waals surface area contributed by atoms with E-state index in [4.69, 9.17) is 16.7 Å². The molecule has 5 heteroatoms. The predicted molar refractivity (Wildman–Crippen MR) is 62.8 cm³/mol. The topological polar surface area (TPSA) is 40.5 Å². The van der Waals surface area contributed by atoms with Crippen molar-refractivity contribution in [3.05, 3.63) is 21.3 Å². The van der Waals surface area contributed by atoms with Crippen LogP contribution in [-0.2, 0) is 11.2 Å². The molecule has 1 rings (SSSR count). The van der Waals surface area contributed by atoms with Gasteiger partial charge >= 0.3 is 5.97 Å². The van der Waals surface area contributed by atoms with Gasteiger partial charge in [0.25, 0.3) is 0 Å². The van der Waals surface area contributed by atoms with E-state index in [0.29, 0.717) is 0 Å². The lowest BCUT2D eigenvalue weighted by Crippen LogP contribution is -2.36. The summed E-state index contributed by atoms with van der Waals surface area (Å²) in [4.78, 5) is 13.7. The smallest absolute Gasteiger partial charge is 0.320 e. The van der Waals surface area contributed by atoms with Crippen molar-refractivity contribution in [1.29, 1.82) is 0 Å². The van der Waals surface area contributed by atoms with Crippen LogP contribution in [0.1, 0.15) is 11.8 Å². The van der Waals surface area contributed by atoms with Crippen molar-refractivity contribution >= 4 is 28.9 Å². The van der Waals surface area contributed by atoms with E-state index in [0.717, 1.165) is 17.3 Å². The molecule has 1 aromatic heterocycles. The van der Waals surface area contributed by atoms with Gasteiger partial charge in [-0.15, -0.1) is 11.3 Å². The third-order valence-corrected chi connectivity index (χ3v) is 3.65. The van der Waals surface area contributed by atoms with Crippen molar-refractivity contribution in [2.45, 2.75) is 19.4 Å². The molecule has 0 amide bonds. The highest BCUT2D eigenvalue weighted by molar-refractivity contribution is 7.16. The largest absolute Gasteiger partial charge is 0.480 e. The molecule has 1 heterocycles. The summed E-state index contributed by atoms with van der Waals surface area (Å²) >= 11 is 7.34. The number of rotatable bonds is 5. The van der Waals surface area contributed by atoms with Crippen LogP contribution in [0, 0.1) is 0 Å². The number of likely N-dealkylation sites (N-methyl/N-ethyl adjacent to an activating group) is 1. The van der Waals surface area contributed by atoms with E-state index in [-0.39, 0.29) is 0 Å². The number of halogens is 1. The molecule has 3 nitrogen and oxygen atoms in total. The normalized spacial score (nSPS) is 13.1. The second-order valence-corrected chi connectivity index (χ2v) is 5.25. The summed E-state index contributed by atoms with van der Waals surface area (Å²) in [6.45, 7) is 2.41. The zero-order valence-corrected chi connectivity index (χ0v) is 10.3. The molecule has 15 heavy (non-hydrogen) atoms. The monoisotopic (exact) mass is 247 g/mol. The molecule has 0 aliphatic carbocycles. The number of carbonyl (C=O) groups is 1. The van der Waals surface area contributed by atoms with Crippen molar-refractivity contribution in [3.63, 3.8) is 0 Å². The average molecular weight is 248 g/mol. The van der Waals surface area contributed by atoms with Crippen molar-refractivity contribution < 1.29 is 9.90 Å². The Morgan fingerprint density at radius 2 is 2.33 bits per heavy atom. The van der Waals surface area contributed by atoms with Gasteiger partial charge in [0.1, 0.15) is 6.04 Å². The Bertz CT molecular complexity index is 340. The number of thiophene rings is 1. The van der Waals surface area contributed by atoms with Gasteiger partial charge in [-0.2, -0.15) is 0 Å². The highest BCUT2D eigenvalue weighted by atomic mass is 35.5. The Morgan fingerprint density at radius 3 is 2.80 bits per heavy atom. The minimum absolute atomic E-state index is 0.444. The maximum absolute atomic E-state index is 10.7. The van der Waals surface area contributed by atoms with E-state index >= 15 is 0 Å². The lowest BCUT2D eigenvalue weighted by atomic mass is 10.2. The third-order valence-electron chi connectivity index (χ3n) is 2.36. The van der Waals surface area contributed by atoms with E-state index in [1.165, 1.54) is 4.88 Å². The van der Waals surface area contributed by atoms with Crippen LogP contribution < -0.4 is 0 Å². The summed E-state index contributed by atoms with van der Waals surface area (Å²) in [7, 11) is 1.81. The van der Waals surface area contributed by atoms with Crippen LogP contribution in [0.4, 0.5) is 0 Å². The molecule has 84 valence electrons. The highest BCUT2D eigenvalue weighted by Gasteiger charge is 2.16. The van der Waals surface area contributed by atoms with Crippen molar-refractivity contribution in [3.8, 4) is 0 Å². The maximum atomic E-state index is 10.7. The molecule has 0 spiro atoms. The molecular weight excluding hydrogens is 234 g/mol. The van der Waals surface area contributed by atoms with Gasteiger partial charge < -0.3 is 5.11 Å². The van der Waals surface area contributed by atoms with Gasteiger partial charge in [0.05, 0.1) is 4.34 Å². The van der Waals surface area contributed by atoms with Crippen LogP contribution in [-0.4, -0.2) is 35.6 Å². The molecule has 0 fully saturated rings. The van der Waals surface area contributed by atoms with Crippen LogP contribution in [0.25, 0.3) is 0 Å². The van der Waals surface area contributed by atoms with Crippen molar-refractivity contribution in [1.82, 2.24) is 4.90 Å². The highest BCUT2D eigenvalue weighted by Crippen LogP contribution is 2.21. The summed E-state index contributed by atoms with van der Waals surface area (Å²) < 4.78 is 0.777. The maximum Gasteiger partial charge on any atom is 0.320 e. The zero-order valence-electron chi connectivity index (χ0n) is 8.74. The Morgan fingerprint density at radius 1 is 1.67 bits per heavy atom. The Hall–Kier alpha value is -0.580. The molecule has 0 aliphatic heterocycles. The number of hydrogen-bond donors (Lipinski definition) is 1. The predicted octanol–water partition coefficient (Wildman–Crippen LogP) is 2.35. The van der Waals surface area contributed by atoms with Crippen LogP contribution >= 0.6 is 22.9 Å². The Labute approximate surface area is 98.3 Å². The fraction of sp³-hybridized carbons (Fsp3) is 0.500. The molecule has 0 aromatic carbocycles. The molecule has 0 saturated carbocycles. The van der Waals surface area contributed by atoms with E-state index in [2.05, 4.69) is 0 Å². The first-order valence-corrected chi connectivity index (χ1v) is 5.87. The summed E-state index contributed by atoms with van der Waals surface area (Å²) in [6, 6.07) is 3.40. The number of nitrogens with zero attached hydrogens (tertiary/aromatic N) is 1. The van der Waals surface area contributed by atoms with E-state index in [1.54, 1.807) is 18.3 Å². The van der Waals surface area contributed by atoms with Gasteiger partial charge in [0, 0.05) is 11.4 Å². The number of hydrogen-bond acceptors (Lipinski definition) is 3. The van der Waals surface area contributed by atoms with E-state index in [1.807, 2.05) is 24.1 Å². The molecule has 1 N–H and O–H groups in total. The average Bonchev–Trinajstić information content (AvgIpc) is 2.59. The fourth-order valence-corrected chi connectivity index (χ4v) is 2.23. The minimum Gasteiger partial charge on any atom is -0.480 e. The lowest BCUT2D eigenvalue weighted by molar-refractivity contribution is -0.142. The minimum atomic E-state index is -0.790. The van der Waals surface area contributed by atoms with Gasteiger partial charge in [-0.1, -0.05) is 11.6 Å². The standard InChI is InChI=1S/C10H14ClNO2S/c1-7(10(13)14)12(2)6-5-8-3-4-9(11)15-8/h3-4,7H,5-6H2,1-2H3,(H,13,14). The first-order valence-electron chi connectivity index (χ1n) is 4.68. The van der Waals surface area contributed by atoms with Gasteiger partial charge in [0.2, 0.25) is 0 Å². The number of carboxylic acids is 1. The summed E-state index contributed by atoms with van der Waals surface area (Å²) in [5.74, 6) is -0.790. The second kappa shape index (κ2) is 5.49. The van der Waals surface area contributed by atoms with Crippen LogP contribution in [0.5, 0.6) is 0 Å². The van der Waals surface area contributed by atoms with Gasteiger partial charge in [-0.05, 0) is 32.5 Å². The van der Waals surface area contributed by atoms with Crippen LogP contribution in [0.3, 0.4) is 0 Å². The summed E-state index contributed by atoms with van der Waals surface area (Å²) in [5.41, 5.74) is 0. The Balaban J connectivity index is 2.40. The molecule has 1 atom stereocenters. The van der Waals surface area contributed by atoms with Gasteiger partial charge in [-0.3, -0.25) is 9.69 Å². The molecule has 1 aromatic rings. The van der Waals surface area contributed by atoms with E-state index < -0.39 is 12.0 Å². The molecule has 1 unspecified atom stereocenters. The summed E-state index contributed by atoms with van der Waals surface area (Å²) in [5, 5.41) is 8.79. The van der Waals surface area contributed by atoms with Gasteiger partial charge in [0.15, 0.2) is 0 Å². The van der Waals surface area contributed by atoms with Crippen LogP contribution in [0.2, 0.25) is 4.34 Å². The molecule has 0 saturated heterocycles. The van der Waals surface area contributed by atoms with Crippen molar-refractivity contribution in [2.75, 3.05) is 13.6 Å². The number of carboxylic acid groups (broad SMARTS) is 1. The Kier molecular flexibility index (Phi) is 4.57. The lowest BCUT2D eigenvalue weighted by Gasteiger charge is -2.20. The van der Waals surface area contributed by atoms with Crippen LogP contribution in [0.15, 0.2) is 12.1 Å². The molecule has 0 bridgehead atoms. The first-order chi connectivity index (χ1) is 7.00. The number of aliphatic carboxylic acids is 1. The van der Waals surface area contributed by atoms with Crippen molar-refractivity contribution in [2.24, 2.45) is 0 Å². The zero-order chi connectivity index (χ0) is 11.4. The molecular formula is C10H14ClNO2S. The molecule has 0 aliphatic rings. The summed E-state index contributed by atoms with van der Waals surface area (Å²) in [6.07, 6.45) is 0.839. The second-order valence-electron chi connectivity index (χ2n) is 3.45. The van der Waals surface area contributed by atoms with E-state index in [9.17, 15) is 4.79 Å². The first kappa shape index (κ1) is 12.5. The fourth-order valence-electron chi connectivity index (χ4n) is 1.15. The molecule has 0 radical (unpaired) electrons. The van der Waals surface area contributed by atoms with Gasteiger partial charge in [-0.25, -0.2) is 0 Å². The third kappa shape index (κ3) is 3.81. The quantitative estimate of drug-likeness (QED) is 0.868.